The molecule has 1 saturated heterocycles. The van der Waals surface area contributed by atoms with E-state index in [1.807, 2.05) is 18.9 Å². The molecule has 2 aromatic rings. The molecule has 0 spiro atoms. The molecule has 8 nitrogen and oxygen atoms in total. The maximum Gasteiger partial charge on any atom is 0.341 e. The van der Waals surface area contributed by atoms with Crippen LogP contribution in [0.4, 0.5) is 10.1 Å². The van der Waals surface area contributed by atoms with Crippen LogP contribution in [0.1, 0.15) is 43.6 Å². The smallest absolute Gasteiger partial charge is 0.341 e. The van der Waals surface area contributed by atoms with Crippen LogP contribution in [0.25, 0.3) is 10.9 Å². The second-order valence-corrected chi connectivity index (χ2v) is 7.97. The van der Waals surface area contributed by atoms with Crippen molar-refractivity contribution < 1.29 is 19.0 Å². The molecule has 3 atom stereocenters. The van der Waals surface area contributed by atoms with E-state index in [0.29, 0.717) is 42.0 Å². The van der Waals surface area contributed by atoms with Crippen LogP contribution in [0.15, 0.2) is 17.1 Å². The number of anilines is 1. The zero-order chi connectivity index (χ0) is 22.9. The van der Waals surface area contributed by atoms with E-state index in [2.05, 4.69) is 12.2 Å². The van der Waals surface area contributed by atoms with Crippen molar-refractivity contribution in [2.75, 3.05) is 31.6 Å². The first kappa shape index (κ1) is 22.6. The van der Waals surface area contributed by atoms with Crippen molar-refractivity contribution in [3.05, 3.63) is 33.9 Å². The molecule has 0 amide bonds. The van der Waals surface area contributed by atoms with E-state index in [9.17, 15) is 14.7 Å². The summed E-state index contributed by atoms with van der Waals surface area (Å²) in [4.78, 5) is 26.1. The van der Waals surface area contributed by atoms with E-state index in [0.717, 1.165) is 12.5 Å². The molecule has 4 rings (SSSR count). The highest BCUT2D eigenvalue weighted by atomic mass is 19.1. The maximum absolute atomic E-state index is 15.2. The van der Waals surface area contributed by atoms with Crippen LogP contribution in [0, 0.1) is 23.1 Å². The van der Waals surface area contributed by atoms with Crippen LogP contribution >= 0.6 is 0 Å². The van der Waals surface area contributed by atoms with Gasteiger partial charge < -0.3 is 24.6 Å². The van der Waals surface area contributed by atoms with Crippen molar-refractivity contribution in [1.82, 2.24) is 9.88 Å². The number of aromatic nitrogens is 1. The summed E-state index contributed by atoms with van der Waals surface area (Å²) in [5.74, 6) is -1.16. The normalized spacial score (nSPS) is 20.5. The second kappa shape index (κ2) is 8.94. The Bertz CT molecular complexity index is 1110. The summed E-state index contributed by atoms with van der Waals surface area (Å²) in [6.07, 6.45) is 2.28. The van der Waals surface area contributed by atoms with Gasteiger partial charge in [0, 0.05) is 32.3 Å². The Morgan fingerprint density at radius 3 is 2.77 bits per heavy atom. The second-order valence-electron chi connectivity index (χ2n) is 7.97. The molecule has 1 aromatic carbocycles. The zero-order valence-corrected chi connectivity index (χ0v) is 18.1. The Labute approximate surface area is 179 Å². The molecule has 0 saturated carbocycles. The quantitative estimate of drug-likeness (QED) is 0.768. The van der Waals surface area contributed by atoms with E-state index in [1.165, 1.54) is 13.1 Å². The van der Waals surface area contributed by atoms with Crippen LogP contribution in [-0.4, -0.2) is 48.4 Å². The van der Waals surface area contributed by atoms with Crippen LogP contribution in [-0.2, 0) is 0 Å². The van der Waals surface area contributed by atoms with Crippen LogP contribution in [0.2, 0.25) is 0 Å². The highest BCUT2D eigenvalue weighted by molar-refractivity contribution is 5.97. The summed E-state index contributed by atoms with van der Waals surface area (Å²) in [5.41, 5.74) is -0.216. The number of hydrogen-bond donors (Lipinski definition) is 2. The topological polar surface area (TPSA) is 108 Å². The Morgan fingerprint density at radius 1 is 1.48 bits per heavy atom. The van der Waals surface area contributed by atoms with Crippen molar-refractivity contribution in [2.45, 2.75) is 39.3 Å². The number of hydrogen-bond acceptors (Lipinski definition) is 6. The third-order valence-electron chi connectivity index (χ3n) is 6.08. The molecule has 3 unspecified atom stereocenters. The number of carboxylic acids is 1. The third-order valence-corrected chi connectivity index (χ3v) is 6.08. The third kappa shape index (κ3) is 3.95. The van der Waals surface area contributed by atoms with Gasteiger partial charge in [0.15, 0.2) is 11.6 Å². The first-order valence-corrected chi connectivity index (χ1v) is 10.3. The molecule has 9 heteroatoms. The molecular formula is C22H27FN4O4. The summed E-state index contributed by atoms with van der Waals surface area (Å²) >= 11 is 0. The number of benzene rings is 1. The van der Waals surface area contributed by atoms with E-state index >= 15 is 4.39 Å². The number of ether oxygens (including phenoxy) is 1. The van der Waals surface area contributed by atoms with E-state index in [-0.39, 0.29) is 23.6 Å². The van der Waals surface area contributed by atoms with Gasteiger partial charge in [0.2, 0.25) is 5.43 Å². The van der Waals surface area contributed by atoms with Crippen LogP contribution < -0.4 is 20.4 Å². The lowest BCUT2D eigenvalue weighted by molar-refractivity contribution is 0.0694. The largest absolute Gasteiger partial charge is 0.487 e. The van der Waals surface area contributed by atoms with Gasteiger partial charge >= 0.3 is 5.97 Å². The molecule has 31 heavy (non-hydrogen) atoms. The van der Waals surface area contributed by atoms with Gasteiger partial charge in [0.25, 0.3) is 0 Å². The first-order valence-electron chi connectivity index (χ1n) is 10.3. The van der Waals surface area contributed by atoms with E-state index in [4.69, 9.17) is 10.00 Å². The molecule has 2 aliphatic rings. The molecular weight excluding hydrogens is 403 g/mol. The van der Waals surface area contributed by atoms with Gasteiger partial charge in [0.05, 0.1) is 23.0 Å². The Hall–Kier alpha value is -3.12. The number of nitrogens with one attached hydrogen (secondary N) is 1. The number of rotatable bonds is 4. The lowest BCUT2D eigenvalue weighted by Crippen LogP contribution is -2.33. The molecule has 2 aliphatic heterocycles. The van der Waals surface area contributed by atoms with Gasteiger partial charge in [0.1, 0.15) is 17.9 Å². The lowest BCUT2D eigenvalue weighted by Gasteiger charge is -2.31. The molecule has 3 heterocycles. The van der Waals surface area contributed by atoms with Crippen LogP contribution in [0.5, 0.6) is 5.75 Å². The molecule has 0 bridgehead atoms. The molecule has 0 aliphatic carbocycles. The zero-order valence-electron chi connectivity index (χ0n) is 18.1. The fraction of sp³-hybridized carbons (Fsp3) is 0.500. The van der Waals surface area contributed by atoms with Gasteiger partial charge in [-0.15, -0.1) is 0 Å². The predicted octanol–water partition coefficient (Wildman–Crippen LogP) is 2.76. The van der Waals surface area contributed by atoms with Gasteiger partial charge in [-0.25, -0.2) is 9.18 Å². The number of pyridine rings is 1. The summed E-state index contributed by atoms with van der Waals surface area (Å²) < 4.78 is 22.8. The molecule has 0 radical (unpaired) electrons. The molecule has 166 valence electrons. The van der Waals surface area contributed by atoms with Crippen molar-refractivity contribution in [3.8, 4) is 11.8 Å². The minimum atomic E-state index is -1.32. The standard InChI is InChI=1S/C20H24FN3O4.C2H3N/c1-10-9-28-19-16-13(18(25)14(20(26)27)8-24(10)16)6-15(21)17(19)23-5-4-12(7-23)11(2)22-3;1-2-3/h6,8,10-12,22H,4-5,7,9H2,1-3H3,(H,26,27);1H3. The highest BCUT2D eigenvalue weighted by Gasteiger charge is 2.34. The number of carbonyl (C=O) groups is 1. The van der Waals surface area contributed by atoms with E-state index in [1.54, 1.807) is 10.6 Å². The predicted molar refractivity (Wildman–Crippen MR) is 115 cm³/mol. The lowest BCUT2D eigenvalue weighted by atomic mass is 10.0. The van der Waals surface area contributed by atoms with Crippen molar-refractivity contribution in [1.29, 1.82) is 5.26 Å². The van der Waals surface area contributed by atoms with Gasteiger partial charge in [-0.3, -0.25) is 4.79 Å². The number of halogens is 1. The summed E-state index contributed by atoms with van der Waals surface area (Å²) in [6, 6.07) is 3.06. The Balaban J connectivity index is 0.000000858. The van der Waals surface area contributed by atoms with E-state index < -0.39 is 17.2 Å². The van der Waals surface area contributed by atoms with Crippen molar-refractivity contribution in [3.63, 3.8) is 0 Å². The number of carboxylic acid groups (broad SMARTS) is 1. The maximum atomic E-state index is 15.2. The monoisotopic (exact) mass is 430 g/mol. The van der Waals surface area contributed by atoms with Crippen molar-refractivity contribution >= 4 is 22.6 Å². The summed E-state index contributed by atoms with van der Waals surface area (Å²) in [6.45, 7) is 7.08. The number of nitrogens with zero attached hydrogens (tertiary/aromatic N) is 3. The summed E-state index contributed by atoms with van der Waals surface area (Å²) in [5, 5.41) is 20.0. The average molecular weight is 430 g/mol. The minimum absolute atomic E-state index is 0.0436. The van der Waals surface area contributed by atoms with Crippen molar-refractivity contribution in [2.24, 2.45) is 5.92 Å². The number of nitriles is 1. The Morgan fingerprint density at radius 2 is 2.16 bits per heavy atom. The first-order chi connectivity index (χ1) is 14.7. The average Bonchev–Trinajstić information content (AvgIpc) is 3.21. The molecule has 1 aromatic heterocycles. The summed E-state index contributed by atoms with van der Waals surface area (Å²) in [7, 11) is 1.91. The van der Waals surface area contributed by atoms with Gasteiger partial charge in [-0.2, -0.15) is 5.26 Å². The molecule has 1 fully saturated rings. The minimum Gasteiger partial charge on any atom is -0.487 e. The molecule has 2 N–H and O–H groups in total. The van der Waals surface area contributed by atoms with Gasteiger partial charge in [-0.1, -0.05) is 0 Å². The Kier molecular flexibility index (Phi) is 6.51. The fourth-order valence-corrected chi connectivity index (χ4v) is 4.29. The SMILES string of the molecule is CC#N.CNC(C)C1CCN(c2c(F)cc3c(=O)c(C(=O)O)cn4c3c2OCC4C)C1. The number of aromatic carboxylic acids is 1. The van der Waals surface area contributed by atoms with Crippen LogP contribution in [0.3, 0.4) is 0 Å². The van der Waals surface area contributed by atoms with Gasteiger partial charge in [-0.05, 0) is 39.3 Å². The highest BCUT2D eigenvalue weighted by Crippen LogP contribution is 2.43. The fourth-order valence-electron chi connectivity index (χ4n) is 4.29.